The maximum atomic E-state index is 12.0. The summed E-state index contributed by atoms with van der Waals surface area (Å²) >= 11 is 0. The third kappa shape index (κ3) is 4.20. The number of carbonyl (C=O) groups is 1. The van der Waals surface area contributed by atoms with Gasteiger partial charge < -0.3 is 15.7 Å². The zero-order chi connectivity index (χ0) is 16.8. The molecule has 0 fully saturated rings. The highest BCUT2D eigenvalue weighted by molar-refractivity contribution is 5.99. The highest BCUT2D eigenvalue weighted by atomic mass is 16.3. The van der Waals surface area contributed by atoms with Crippen LogP contribution in [0.4, 0.5) is 16.2 Å². The number of aliphatic hydroxyl groups is 1. The van der Waals surface area contributed by atoms with Gasteiger partial charge in [-0.1, -0.05) is 30.3 Å². The Morgan fingerprint density at radius 3 is 2.29 bits per heavy atom. The predicted molar refractivity (Wildman–Crippen MR) is 89.7 cm³/mol. The van der Waals surface area contributed by atoms with Gasteiger partial charge in [-0.25, -0.2) is 4.79 Å². The van der Waals surface area contributed by atoms with Crippen molar-refractivity contribution < 1.29 is 9.90 Å². The van der Waals surface area contributed by atoms with Crippen LogP contribution in [0.3, 0.4) is 0 Å². The van der Waals surface area contributed by atoms with Crippen molar-refractivity contribution in [1.29, 1.82) is 0 Å². The first-order valence-electron chi connectivity index (χ1n) is 7.50. The minimum atomic E-state index is -0.377. The van der Waals surface area contributed by atoms with E-state index in [1.807, 2.05) is 30.3 Å². The zero-order valence-corrected chi connectivity index (χ0v) is 13.0. The second kappa shape index (κ2) is 7.42. The second-order valence-corrected chi connectivity index (χ2v) is 5.21. The number of carbonyl (C=O) groups excluding carboxylic acids is 1. The third-order valence-corrected chi connectivity index (χ3v) is 3.30. The fraction of sp³-hybridized carbons (Fsp3) is 0.188. The molecule has 2 aromatic heterocycles. The van der Waals surface area contributed by atoms with E-state index in [1.165, 1.54) is 6.20 Å². The summed E-state index contributed by atoms with van der Waals surface area (Å²) in [5.41, 5.74) is 2.29. The maximum absolute atomic E-state index is 12.0. The van der Waals surface area contributed by atoms with Crippen molar-refractivity contribution in [2.75, 3.05) is 17.2 Å². The zero-order valence-electron chi connectivity index (χ0n) is 13.0. The van der Waals surface area contributed by atoms with Crippen molar-refractivity contribution >= 4 is 17.4 Å². The fourth-order valence-corrected chi connectivity index (χ4v) is 2.23. The first kappa shape index (κ1) is 15.8. The Labute approximate surface area is 138 Å². The molecular weight excluding hydrogens is 308 g/mol. The maximum Gasteiger partial charge on any atom is 0.323 e. The SMILES string of the molecule is O=C(Nc1cnn(CCO)c1)Nc1cnn(Cc2ccccc2)c1. The molecule has 0 unspecified atom stereocenters. The normalized spacial score (nSPS) is 10.5. The number of nitrogens with one attached hydrogen (secondary N) is 2. The molecule has 8 nitrogen and oxygen atoms in total. The molecule has 0 atom stereocenters. The molecule has 0 radical (unpaired) electrons. The molecule has 8 heteroatoms. The second-order valence-electron chi connectivity index (χ2n) is 5.21. The van der Waals surface area contributed by atoms with Crippen LogP contribution in [-0.4, -0.2) is 37.3 Å². The van der Waals surface area contributed by atoms with Crippen molar-refractivity contribution in [1.82, 2.24) is 19.6 Å². The van der Waals surface area contributed by atoms with Gasteiger partial charge >= 0.3 is 6.03 Å². The van der Waals surface area contributed by atoms with Crippen molar-refractivity contribution in [2.45, 2.75) is 13.1 Å². The van der Waals surface area contributed by atoms with Crippen molar-refractivity contribution in [3.8, 4) is 0 Å². The van der Waals surface area contributed by atoms with E-state index in [1.54, 1.807) is 28.0 Å². The molecule has 0 saturated heterocycles. The summed E-state index contributed by atoms with van der Waals surface area (Å²) < 4.78 is 3.30. The molecule has 3 N–H and O–H groups in total. The Bertz CT molecular complexity index is 796. The van der Waals surface area contributed by atoms with E-state index < -0.39 is 0 Å². The lowest BCUT2D eigenvalue weighted by atomic mass is 10.2. The van der Waals surface area contributed by atoms with Crippen LogP contribution in [0.5, 0.6) is 0 Å². The van der Waals surface area contributed by atoms with E-state index in [4.69, 9.17) is 5.11 Å². The highest BCUT2D eigenvalue weighted by Crippen LogP contribution is 2.10. The van der Waals surface area contributed by atoms with Gasteiger partial charge in [0.1, 0.15) is 0 Å². The van der Waals surface area contributed by atoms with Crippen LogP contribution >= 0.6 is 0 Å². The smallest absolute Gasteiger partial charge is 0.323 e. The average Bonchev–Trinajstić information content (AvgIpc) is 3.18. The highest BCUT2D eigenvalue weighted by Gasteiger charge is 2.07. The Hall–Kier alpha value is -3.13. The van der Waals surface area contributed by atoms with Crippen molar-refractivity contribution in [3.63, 3.8) is 0 Å². The molecule has 2 heterocycles. The molecule has 24 heavy (non-hydrogen) atoms. The molecule has 3 rings (SSSR count). The van der Waals surface area contributed by atoms with Gasteiger partial charge in [0.25, 0.3) is 0 Å². The van der Waals surface area contributed by atoms with E-state index in [2.05, 4.69) is 20.8 Å². The fourth-order valence-electron chi connectivity index (χ4n) is 2.23. The van der Waals surface area contributed by atoms with Gasteiger partial charge in [0.05, 0.1) is 43.5 Å². The summed E-state index contributed by atoms with van der Waals surface area (Å²) in [6, 6.07) is 9.58. The number of amides is 2. The topological polar surface area (TPSA) is 97.0 Å². The number of rotatable bonds is 6. The van der Waals surface area contributed by atoms with Crippen LogP contribution in [0.25, 0.3) is 0 Å². The molecule has 0 bridgehead atoms. The predicted octanol–water partition coefficient (Wildman–Crippen LogP) is 1.76. The molecule has 0 aliphatic carbocycles. The monoisotopic (exact) mass is 326 g/mol. The summed E-state index contributed by atoms with van der Waals surface area (Å²) in [6.45, 7) is 1.02. The summed E-state index contributed by atoms with van der Waals surface area (Å²) in [4.78, 5) is 12.0. The van der Waals surface area contributed by atoms with Crippen LogP contribution in [0, 0.1) is 0 Å². The lowest BCUT2D eigenvalue weighted by Crippen LogP contribution is -2.18. The summed E-state index contributed by atoms with van der Waals surface area (Å²) in [5.74, 6) is 0. The van der Waals surface area contributed by atoms with E-state index in [9.17, 15) is 4.79 Å². The molecule has 2 amide bonds. The molecule has 1 aromatic carbocycles. The van der Waals surface area contributed by atoms with Crippen molar-refractivity contribution in [3.05, 3.63) is 60.7 Å². The lowest BCUT2D eigenvalue weighted by Gasteiger charge is -2.03. The third-order valence-electron chi connectivity index (χ3n) is 3.30. The number of hydrogen-bond acceptors (Lipinski definition) is 4. The van der Waals surface area contributed by atoms with Crippen LogP contribution in [0.2, 0.25) is 0 Å². The number of aromatic nitrogens is 4. The molecule has 0 aliphatic rings. The summed E-state index contributed by atoms with van der Waals surface area (Å²) in [7, 11) is 0. The average molecular weight is 326 g/mol. The molecular formula is C16H18N6O2. The van der Waals surface area contributed by atoms with Gasteiger partial charge in [-0.05, 0) is 5.56 Å². The van der Waals surface area contributed by atoms with Gasteiger partial charge in [-0.3, -0.25) is 9.36 Å². The van der Waals surface area contributed by atoms with Gasteiger partial charge in [-0.2, -0.15) is 10.2 Å². The van der Waals surface area contributed by atoms with E-state index in [-0.39, 0.29) is 12.6 Å². The van der Waals surface area contributed by atoms with E-state index in [0.29, 0.717) is 24.5 Å². The van der Waals surface area contributed by atoms with Gasteiger partial charge in [0, 0.05) is 12.4 Å². The Morgan fingerprint density at radius 2 is 1.62 bits per heavy atom. The van der Waals surface area contributed by atoms with Crippen molar-refractivity contribution in [2.24, 2.45) is 0 Å². The first-order valence-corrected chi connectivity index (χ1v) is 7.50. The first-order chi connectivity index (χ1) is 11.7. The molecule has 0 spiro atoms. The molecule has 0 saturated carbocycles. The number of urea groups is 1. The Kier molecular flexibility index (Phi) is 4.87. The number of benzene rings is 1. The van der Waals surface area contributed by atoms with Gasteiger partial charge in [0.15, 0.2) is 0 Å². The van der Waals surface area contributed by atoms with Crippen LogP contribution in [0.1, 0.15) is 5.56 Å². The van der Waals surface area contributed by atoms with Gasteiger partial charge in [0.2, 0.25) is 0 Å². The molecule has 124 valence electrons. The van der Waals surface area contributed by atoms with E-state index in [0.717, 1.165) is 5.56 Å². The van der Waals surface area contributed by atoms with Crippen LogP contribution in [0.15, 0.2) is 55.1 Å². The number of hydrogen-bond donors (Lipinski definition) is 3. The molecule has 3 aromatic rings. The number of aliphatic hydroxyl groups excluding tert-OH is 1. The largest absolute Gasteiger partial charge is 0.394 e. The Morgan fingerprint density at radius 1 is 1.00 bits per heavy atom. The standard InChI is InChI=1S/C16H18N6O2/c23-7-6-21-11-14(8-17-21)19-16(24)20-15-9-18-22(12-15)10-13-4-2-1-3-5-13/h1-5,8-9,11-12,23H,6-7,10H2,(H2,19,20,24). The quantitative estimate of drug-likeness (QED) is 0.643. The van der Waals surface area contributed by atoms with E-state index >= 15 is 0 Å². The van der Waals surface area contributed by atoms with Crippen LogP contribution < -0.4 is 10.6 Å². The molecule has 0 aliphatic heterocycles. The van der Waals surface area contributed by atoms with Crippen LogP contribution in [-0.2, 0) is 13.1 Å². The summed E-state index contributed by atoms with van der Waals surface area (Å²) in [6.07, 6.45) is 6.53. The minimum Gasteiger partial charge on any atom is -0.394 e. The number of nitrogens with zero attached hydrogens (tertiary/aromatic N) is 4. The number of anilines is 2. The summed E-state index contributed by atoms with van der Waals surface area (Å²) in [5, 5.41) is 22.5. The lowest BCUT2D eigenvalue weighted by molar-refractivity contribution is 0.262. The van der Waals surface area contributed by atoms with Gasteiger partial charge in [-0.15, -0.1) is 0 Å². The Balaban J connectivity index is 1.54. The minimum absolute atomic E-state index is 0.00604.